The van der Waals surface area contributed by atoms with Gasteiger partial charge in [0.1, 0.15) is 6.33 Å². The van der Waals surface area contributed by atoms with Gasteiger partial charge in [0.25, 0.3) is 0 Å². The first-order chi connectivity index (χ1) is 8.76. The van der Waals surface area contributed by atoms with Crippen molar-refractivity contribution in [2.75, 3.05) is 19.0 Å². The van der Waals surface area contributed by atoms with E-state index in [1.165, 1.54) is 6.33 Å². The molecule has 0 unspecified atom stereocenters. The fourth-order valence-electron chi connectivity index (χ4n) is 1.50. The molecule has 0 atom stereocenters. The van der Waals surface area contributed by atoms with Crippen LogP contribution in [-0.4, -0.2) is 33.4 Å². The smallest absolute Gasteiger partial charge is 0.206 e. The summed E-state index contributed by atoms with van der Waals surface area (Å²) in [5.74, 6) is 1.87. The minimum absolute atomic E-state index is 0.585. The van der Waals surface area contributed by atoms with E-state index < -0.39 is 0 Å². The van der Waals surface area contributed by atoms with Crippen molar-refractivity contribution in [3.8, 4) is 11.6 Å². The zero-order chi connectivity index (χ0) is 13.0. The molecule has 2 aromatic heterocycles. The van der Waals surface area contributed by atoms with Crippen LogP contribution >= 0.6 is 15.9 Å². The zero-order valence-electron chi connectivity index (χ0n) is 10.2. The van der Waals surface area contributed by atoms with Crippen LogP contribution < -0.4 is 10.1 Å². The molecule has 0 bridgehead atoms. The van der Waals surface area contributed by atoms with Gasteiger partial charge in [0, 0.05) is 12.7 Å². The van der Waals surface area contributed by atoms with Crippen LogP contribution in [0.15, 0.2) is 23.2 Å². The molecule has 18 heavy (non-hydrogen) atoms. The van der Waals surface area contributed by atoms with Crippen LogP contribution in [0.4, 0.5) is 5.82 Å². The Morgan fingerprint density at radius 1 is 1.44 bits per heavy atom. The normalized spacial score (nSPS) is 10.4. The minimum Gasteiger partial charge on any atom is -0.490 e. The maximum atomic E-state index is 5.37. The quantitative estimate of drug-likeness (QED) is 0.917. The summed E-state index contributed by atoms with van der Waals surface area (Å²) in [7, 11) is 1.60. The van der Waals surface area contributed by atoms with Gasteiger partial charge in [0.15, 0.2) is 5.82 Å². The third kappa shape index (κ3) is 2.61. The predicted octanol–water partition coefficient (Wildman–Crippen LogP) is 2.26. The van der Waals surface area contributed by atoms with Crippen LogP contribution in [0.25, 0.3) is 5.82 Å². The van der Waals surface area contributed by atoms with E-state index in [1.807, 2.05) is 6.20 Å². The topological polar surface area (TPSA) is 64.9 Å². The molecule has 2 rings (SSSR count). The van der Waals surface area contributed by atoms with Gasteiger partial charge >= 0.3 is 0 Å². The number of hydrogen-bond donors (Lipinski definition) is 1. The van der Waals surface area contributed by atoms with Crippen molar-refractivity contribution >= 4 is 21.7 Å². The van der Waals surface area contributed by atoms with Crippen molar-refractivity contribution in [3.05, 3.63) is 23.2 Å². The van der Waals surface area contributed by atoms with Gasteiger partial charge in [-0.1, -0.05) is 6.92 Å². The average molecular weight is 312 g/mol. The molecule has 0 amide bonds. The number of halogens is 1. The van der Waals surface area contributed by atoms with Crippen LogP contribution in [0, 0.1) is 0 Å². The highest BCUT2D eigenvalue weighted by Gasteiger charge is 2.14. The number of methoxy groups -OCH3 is 1. The molecule has 6 nitrogen and oxygen atoms in total. The van der Waals surface area contributed by atoms with Gasteiger partial charge in [-0.25, -0.2) is 14.6 Å². The van der Waals surface area contributed by atoms with Gasteiger partial charge in [-0.15, -0.1) is 0 Å². The second kappa shape index (κ2) is 5.81. The van der Waals surface area contributed by atoms with E-state index in [4.69, 9.17) is 4.74 Å². The number of hydrogen-bond acceptors (Lipinski definition) is 5. The number of aromatic nitrogens is 4. The third-order valence-electron chi connectivity index (χ3n) is 2.30. The molecular formula is C11H14BrN5O. The standard InChI is InChI=1S/C11H14BrN5O/c1-3-4-13-10-9(18-2)11(15-7-14-10)17-6-8(12)5-16-17/h5-7H,3-4H2,1-2H3,(H,13,14,15). The molecule has 0 aliphatic rings. The number of anilines is 1. The van der Waals surface area contributed by atoms with Crippen molar-refractivity contribution in [1.82, 2.24) is 19.7 Å². The summed E-state index contributed by atoms with van der Waals surface area (Å²) in [4.78, 5) is 8.39. The Morgan fingerprint density at radius 3 is 2.89 bits per heavy atom. The molecule has 0 aliphatic carbocycles. The van der Waals surface area contributed by atoms with Crippen molar-refractivity contribution < 1.29 is 4.74 Å². The summed E-state index contributed by atoms with van der Waals surface area (Å²) in [5, 5.41) is 7.39. The van der Waals surface area contributed by atoms with E-state index in [2.05, 4.69) is 43.2 Å². The lowest BCUT2D eigenvalue weighted by atomic mass is 10.4. The highest BCUT2D eigenvalue weighted by Crippen LogP contribution is 2.27. The van der Waals surface area contributed by atoms with E-state index in [1.54, 1.807) is 18.0 Å². The summed E-state index contributed by atoms with van der Waals surface area (Å²) < 4.78 is 7.89. The molecule has 7 heteroatoms. The maximum absolute atomic E-state index is 5.37. The Morgan fingerprint density at radius 2 is 2.28 bits per heavy atom. The van der Waals surface area contributed by atoms with Crippen LogP contribution in [0.2, 0.25) is 0 Å². The molecule has 0 radical (unpaired) electrons. The molecule has 96 valence electrons. The minimum atomic E-state index is 0.585. The molecule has 0 fully saturated rings. The van der Waals surface area contributed by atoms with Gasteiger partial charge in [-0.05, 0) is 22.4 Å². The van der Waals surface area contributed by atoms with Crippen molar-refractivity contribution in [2.45, 2.75) is 13.3 Å². The summed E-state index contributed by atoms with van der Waals surface area (Å²) >= 11 is 3.35. The first-order valence-electron chi connectivity index (χ1n) is 5.59. The lowest BCUT2D eigenvalue weighted by molar-refractivity contribution is 0.409. The Kier molecular flexibility index (Phi) is 4.14. The van der Waals surface area contributed by atoms with Crippen molar-refractivity contribution in [3.63, 3.8) is 0 Å². The predicted molar refractivity (Wildman–Crippen MR) is 72.2 cm³/mol. The first kappa shape index (κ1) is 12.8. The Balaban J connectivity index is 2.41. The van der Waals surface area contributed by atoms with Gasteiger partial charge in [0.2, 0.25) is 11.6 Å². The van der Waals surface area contributed by atoms with E-state index in [0.717, 1.165) is 17.4 Å². The number of nitrogens with one attached hydrogen (secondary N) is 1. The molecule has 1 N–H and O–H groups in total. The molecule has 0 aromatic carbocycles. The van der Waals surface area contributed by atoms with E-state index in [0.29, 0.717) is 17.4 Å². The Labute approximate surface area is 114 Å². The van der Waals surface area contributed by atoms with Crippen LogP contribution in [-0.2, 0) is 0 Å². The molecule has 0 aliphatic heterocycles. The van der Waals surface area contributed by atoms with Gasteiger partial charge in [0.05, 0.1) is 17.8 Å². The van der Waals surface area contributed by atoms with E-state index >= 15 is 0 Å². The number of rotatable bonds is 5. The van der Waals surface area contributed by atoms with Crippen LogP contribution in [0.3, 0.4) is 0 Å². The monoisotopic (exact) mass is 311 g/mol. The average Bonchev–Trinajstić information content (AvgIpc) is 2.82. The maximum Gasteiger partial charge on any atom is 0.206 e. The molecule has 2 aromatic rings. The summed E-state index contributed by atoms with van der Waals surface area (Å²) in [6, 6.07) is 0. The molecule has 2 heterocycles. The molecule has 0 spiro atoms. The number of nitrogens with zero attached hydrogens (tertiary/aromatic N) is 4. The lowest BCUT2D eigenvalue weighted by Crippen LogP contribution is -2.08. The zero-order valence-corrected chi connectivity index (χ0v) is 11.8. The summed E-state index contributed by atoms with van der Waals surface area (Å²) in [6.07, 6.45) is 6.01. The highest BCUT2D eigenvalue weighted by atomic mass is 79.9. The fourth-order valence-corrected chi connectivity index (χ4v) is 1.79. The van der Waals surface area contributed by atoms with Crippen molar-refractivity contribution in [1.29, 1.82) is 0 Å². The second-order valence-corrected chi connectivity index (χ2v) is 4.52. The van der Waals surface area contributed by atoms with Gasteiger partial charge in [-0.2, -0.15) is 5.10 Å². The largest absolute Gasteiger partial charge is 0.490 e. The van der Waals surface area contributed by atoms with Crippen molar-refractivity contribution in [2.24, 2.45) is 0 Å². The van der Waals surface area contributed by atoms with Gasteiger partial charge in [-0.3, -0.25) is 0 Å². The lowest BCUT2D eigenvalue weighted by Gasteiger charge is -2.12. The Bertz CT molecular complexity index is 528. The van der Waals surface area contributed by atoms with Gasteiger partial charge < -0.3 is 10.1 Å². The molecular weight excluding hydrogens is 298 g/mol. The van der Waals surface area contributed by atoms with Crippen LogP contribution in [0.5, 0.6) is 5.75 Å². The van der Waals surface area contributed by atoms with Crippen LogP contribution in [0.1, 0.15) is 13.3 Å². The molecule has 0 saturated carbocycles. The second-order valence-electron chi connectivity index (χ2n) is 3.61. The first-order valence-corrected chi connectivity index (χ1v) is 6.39. The summed E-state index contributed by atoms with van der Waals surface area (Å²) in [6.45, 7) is 2.92. The fraction of sp³-hybridized carbons (Fsp3) is 0.364. The summed E-state index contributed by atoms with van der Waals surface area (Å²) in [5.41, 5.74) is 0. The third-order valence-corrected chi connectivity index (χ3v) is 2.71. The van der Waals surface area contributed by atoms with E-state index in [-0.39, 0.29) is 0 Å². The number of ether oxygens (including phenoxy) is 1. The SMILES string of the molecule is CCCNc1ncnc(-n2cc(Br)cn2)c1OC. The molecule has 0 saturated heterocycles. The Hall–Kier alpha value is -1.63. The van der Waals surface area contributed by atoms with E-state index in [9.17, 15) is 0 Å². The highest BCUT2D eigenvalue weighted by molar-refractivity contribution is 9.10.